The highest BCUT2D eigenvalue weighted by Gasteiger charge is 2.09. The normalized spacial score (nSPS) is 11.8. The number of hydrogen-bond acceptors (Lipinski definition) is 3. The number of nitrogens with one attached hydrogen (secondary N) is 1. The fourth-order valence-electron chi connectivity index (χ4n) is 2.13. The largest absolute Gasteiger partial charge is 0.491 e. The van der Waals surface area contributed by atoms with Gasteiger partial charge in [-0.05, 0) is 43.2 Å². The molecule has 2 aromatic rings. The molecular weight excluding hydrogens is 325 g/mol. The third kappa shape index (κ3) is 6.24. The first-order valence-electron chi connectivity index (χ1n) is 7.84. The standard InChI is InChI=1S/C19H22FNO2S/c1-14-5-3-4-6-18(14)23-11-15(2)21-19(22)13-24-12-16-7-9-17(20)10-8-16/h3-10,15H,11-13H2,1-2H3,(H,21,22)/t15-/m1/s1. The van der Waals surface area contributed by atoms with E-state index in [9.17, 15) is 9.18 Å². The van der Waals surface area contributed by atoms with Crippen molar-refractivity contribution in [3.8, 4) is 5.75 Å². The van der Waals surface area contributed by atoms with Crippen LogP contribution in [0.5, 0.6) is 5.75 Å². The zero-order chi connectivity index (χ0) is 17.4. The average molecular weight is 347 g/mol. The Morgan fingerprint density at radius 2 is 1.92 bits per heavy atom. The fraction of sp³-hybridized carbons (Fsp3) is 0.316. The van der Waals surface area contributed by atoms with Gasteiger partial charge in [-0.25, -0.2) is 4.39 Å². The lowest BCUT2D eigenvalue weighted by Gasteiger charge is -2.16. The maximum absolute atomic E-state index is 12.8. The number of ether oxygens (including phenoxy) is 1. The van der Waals surface area contributed by atoms with E-state index in [1.54, 1.807) is 12.1 Å². The molecular formula is C19H22FNO2S. The Morgan fingerprint density at radius 3 is 2.62 bits per heavy atom. The van der Waals surface area contributed by atoms with Crippen molar-refractivity contribution in [1.82, 2.24) is 5.32 Å². The molecule has 1 amide bonds. The summed E-state index contributed by atoms with van der Waals surface area (Å²) in [4.78, 5) is 11.9. The molecule has 0 radical (unpaired) electrons. The minimum atomic E-state index is -0.246. The first-order valence-corrected chi connectivity index (χ1v) is 9.00. The van der Waals surface area contributed by atoms with Crippen LogP contribution in [0.15, 0.2) is 48.5 Å². The summed E-state index contributed by atoms with van der Waals surface area (Å²) in [6.45, 7) is 4.34. The number of para-hydroxylation sites is 1. The maximum Gasteiger partial charge on any atom is 0.230 e. The van der Waals surface area contributed by atoms with Crippen LogP contribution >= 0.6 is 11.8 Å². The van der Waals surface area contributed by atoms with E-state index in [0.29, 0.717) is 18.1 Å². The highest BCUT2D eigenvalue weighted by molar-refractivity contribution is 7.99. The van der Waals surface area contributed by atoms with Crippen molar-refractivity contribution in [3.05, 3.63) is 65.5 Å². The van der Waals surface area contributed by atoms with Crippen molar-refractivity contribution < 1.29 is 13.9 Å². The number of carbonyl (C=O) groups excluding carboxylic acids is 1. The Morgan fingerprint density at radius 1 is 1.21 bits per heavy atom. The topological polar surface area (TPSA) is 38.3 Å². The number of hydrogen-bond donors (Lipinski definition) is 1. The summed E-state index contributed by atoms with van der Waals surface area (Å²) >= 11 is 1.50. The van der Waals surface area contributed by atoms with Gasteiger partial charge in [0, 0.05) is 5.75 Å². The molecule has 1 atom stereocenters. The predicted molar refractivity (Wildman–Crippen MR) is 96.8 cm³/mol. The lowest BCUT2D eigenvalue weighted by Crippen LogP contribution is -2.37. The number of carbonyl (C=O) groups is 1. The van der Waals surface area contributed by atoms with Gasteiger partial charge in [-0.1, -0.05) is 30.3 Å². The van der Waals surface area contributed by atoms with E-state index < -0.39 is 0 Å². The summed E-state index contributed by atoms with van der Waals surface area (Å²) in [6.07, 6.45) is 0. The van der Waals surface area contributed by atoms with Crippen LogP contribution in [0.4, 0.5) is 4.39 Å². The Balaban J connectivity index is 1.66. The SMILES string of the molecule is Cc1ccccc1OC[C@@H](C)NC(=O)CSCc1ccc(F)cc1. The zero-order valence-electron chi connectivity index (χ0n) is 13.9. The monoisotopic (exact) mass is 347 g/mol. The number of benzene rings is 2. The third-order valence-corrected chi connectivity index (χ3v) is 4.41. The van der Waals surface area contributed by atoms with Crippen LogP contribution < -0.4 is 10.1 Å². The molecule has 0 aromatic heterocycles. The van der Waals surface area contributed by atoms with Crippen LogP contribution in [0.2, 0.25) is 0 Å². The highest BCUT2D eigenvalue weighted by Crippen LogP contribution is 2.16. The molecule has 0 fully saturated rings. The van der Waals surface area contributed by atoms with Gasteiger partial charge in [0.15, 0.2) is 0 Å². The summed E-state index contributed by atoms with van der Waals surface area (Å²) in [7, 11) is 0. The van der Waals surface area contributed by atoms with E-state index in [2.05, 4.69) is 5.32 Å². The Kier molecular flexibility index (Phi) is 7.12. The van der Waals surface area contributed by atoms with E-state index in [-0.39, 0.29) is 17.8 Å². The van der Waals surface area contributed by atoms with Gasteiger partial charge in [0.05, 0.1) is 11.8 Å². The molecule has 0 saturated carbocycles. The molecule has 0 spiro atoms. The van der Waals surface area contributed by atoms with Crippen LogP contribution in [-0.2, 0) is 10.5 Å². The van der Waals surface area contributed by atoms with E-state index >= 15 is 0 Å². The predicted octanol–water partition coefficient (Wildman–Crippen LogP) is 3.95. The highest BCUT2D eigenvalue weighted by atomic mass is 32.2. The van der Waals surface area contributed by atoms with Crippen LogP contribution in [0.25, 0.3) is 0 Å². The van der Waals surface area contributed by atoms with Crippen molar-refractivity contribution in [2.75, 3.05) is 12.4 Å². The van der Waals surface area contributed by atoms with Crippen LogP contribution in [0.3, 0.4) is 0 Å². The summed E-state index contributed by atoms with van der Waals surface area (Å²) in [5.41, 5.74) is 2.08. The summed E-state index contributed by atoms with van der Waals surface area (Å²) < 4.78 is 18.5. The summed E-state index contributed by atoms with van der Waals surface area (Å²) in [6, 6.07) is 14.1. The molecule has 2 rings (SSSR count). The van der Waals surface area contributed by atoms with Gasteiger partial charge < -0.3 is 10.1 Å². The molecule has 3 nitrogen and oxygen atoms in total. The summed E-state index contributed by atoms with van der Waals surface area (Å²) in [5, 5.41) is 2.92. The van der Waals surface area contributed by atoms with Crippen LogP contribution in [0, 0.1) is 12.7 Å². The quantitative estimate of drug-likeness (QED) is 0.786. The maximum atomic E-state index is 12.8. The van der Waals surface area contributed by atoms with Gasteiger partial charge in [0.1, 0.15) is 18.2 Å². The van der Waals surface area contributed by atoms with Crippen molar-refractivity contribution in [2.24, 2.45) is 0 Å². The third-order valence-electron chi connectivity index (χ3n) is 3.40. The molecule has 24 heavy (non-hydrogen) atoms. The smallest absolute Gasteiger partial charge is 0.230 e. The lowest BCUT2D eigenvalue weighted by molar-refractivity contribution is -0.119. The van der Waals surface area contributed by atoms with Gasteiger partial charge in [-0.2, -0.15) is 0 Å². The Hall–Kier alpha value is -2.01. The number of thioether (sulfide) groups is 1. The molecule has 0 saturated heterocycles. The molecule has 0 aliphatic heterocycles. The van der Waals surface area contributed by atoms with Gasteiger partial charge in [-0.3, -0.25) is 4.79 Å². The van der Waals surface area contributed by atoms with Crippen molar-refractivity contribution >= 4 is 17.7 Å². The number of halogens is 1. The van der Waals surface area contributed by atoms with Crippen LogP contribution in [-0.4, -0.2) is 24.3 Å². The lowest BCUT2D eigenvalue weighted by atomic mass is 10.2. The van der Waals surface area contributed by atoms with Gasteiger partial charge in [-0.15, -0.1) is 11.8 Å². The van der Waals surface area contributed by atoms with E-state index in [0.717, 1.165) is 16.9 Å². The van der Waals surface area contributed by atoms with Crippen molar-refractivity contribution in [2.45, 2.75) is 25.6 Å². The second-order valence-corrected chi connectivity index (χ2v) is 6.65. The van der Waals surface area contributed by atoms with Gasteiger partial charge in [0.2, 0.25) is 5.91 Å². The summed E-state index contributed by atoms with van der Waals surface area (Å²) in [5.74, 6) is 1.62. The average Bonchev–Trinajstić information content (AvgIpc) is 2.56. The minimum Gasteiger partial charge on any atom is -0.491 e. The van der Waals surface area contributed by atoms with E-state index in [4.69, 9.17) is 4.74 Å². The molecule has 2 aromatic carbocycles. The number of rotatable bonds is 8. The second-order valence-electron chi connectivity index (χ2n) is 5.66. The van der Waals surface area contributed by atoms with Gasteiger partial charge >= 0.3 is 0 Å². The zero-order valence-corrected chi connectivity index (χ0v) is 14.7. The van der Waals surface area contributed by atoms with Crippen molar-refractivity contribution in [3.63, 3.8) is 0 Å². The van der Waals surface area contributed by atoms with Gasteiger partial charge in [0.25, 0.3) is 0 Å². The first-order chi connectivity index (χ1) is 11.5. The second kappa shape index (κ2) is 9.33. The fourth-order valence-corrected chi connectivity index (χ4v) is 2.93. The molecule has 0 bridgehead atoms. The number of aryl methyl sites for hydroxylation is 1. The molecule has 0 aliphatic rings. The molecule has 5 heteroatoms. The molecule has 1 N–H and O–H groups in total. The first kappa shape index (κ1) is 18.3. The van der Waals surface area contributed by atoms with Crippen LogP contribution in [0.1, 0.15) is 18.1 Å². The Bertz CT molecular complexity index is 661. The van der Waals surface area contributed by atoms with Crippen molar-refractivity contribution in [1.29, 1.82) is 0 Å². The van der Waals surface area contributed by atoms with E-state index in [1.807, 2.05) is 38.1 Å². The molecule has 0 unspecified atom stereocenters. The van der Waals surface area contributed by atoms with E-state index in [1.165, 1.54) is 23.9 Å². The molecule has 0 heterocycles. The molecule has 128 valence electrons. The number of amides is 1. The molecule has 0 aliphatic carbocycles. The Labute approximate surface area is 146 Å². The minimum absolute atomic E-state index is 0.0250.